The Hall–Kier alpha value is -2.89. The Morgan fingerprint density at radius 2 is 1.68 bits per heavy atom. The van der Waals surface area contributed by atoms with Crippen molar-refractivity contribution in [1.29, 1.82) is 0 Å². The number of carbonyl (C=O) groups is 1. The molecule has 6 heteroatoms. The number of nitrogens with zero attached hydrogens (tertiary/aromatic N) is 3. The van der Waals surface area contributed by atoms with Crippen molar-refractivity contribution in [3.63, 3.8) is 0 Å². The first-order valence-corrected chi connectivity index (χ1v) is 15.2. The fourth-order valence-corrected chi connectivity index (χ4v) is 4.37. The third kappa shape index (κ3) is 15.6. The van der Waals surface area contributed by atoms with Crippen LogP contribution in [0.5, 0.6) is 0 Å². The van der Waals surface area contributed by atoms with E-state index in [1.165, 1.54) is 22.9 Å². The van der Waals surface area contributed by atoms with E-state index >= 15 is 0 Å². The van der Waals surface area contributed by atoms with Gasteiger partial charge in [-0.25, -0.2) is 9.18 Å². The first kappa shape index (κ1) is 38.1. The summed E-state index contributed by atoms with van der Waals surface area (Å²) in [4.78, 5) is 21.3. The molecule has 1 atom stereocenters. The fourth-order valence-electron chi connectivity index (χ4n) is 4.37. The molecular weight excluding hydrogens is 513 g/mol. The predicted octanol–water partition coefficient (Wildman–Crippen LogP) is 10.1. The van der Waals surface area contributed by atoms with Crippen molar-refractivity contribution in [2.24, 2.45) is 4.99 Å². The number of halogens is 1. The van der Waals surface area contributed by atoms with Crippen molar-refractivity contribution in [2.45, 2.75) is 120 Å². The van der Waals surface area contributed by atoms with Crippen LogP contribution in [0.15, 0.2) is 75.9 Å². The molecule has 0 aromatic carbocycles. The maximum absolute atomic E-state index is 13.0. The van der Waals surface area contributed by atoms with Crippen LogP contribution in [-0.2, 0) is 4.74 Å². The van der Waals surface area contributed by atoms with Crippen LogP contribution in [0.1, 0.15) is 109 Å². The topological polar surface area (TPSA) is 45.1 Å². The smallest absolute Gasteiger partial charge is 0.410 e. The van der Waals surface area contributed by atoms with E-state index in [4.69, 9.17) is 4.74 Å². The van der Waals surface area contributed by atoms with Crippen molar-refractivity contribution >= 4 is 11.8 Å². The van der Waals surface area contributed by atoms with E-state index in [0.717, 1.165) is 50.1 Å². The van der Waals surface area contributed by atoms with Gasteiger partial charge >= 0.3 is 6.09 Å². The van der Waals surface area contributed by atoms with Crippen LogP contribution in [0, 0.1) is 0 Å². The maximum atomic E-state index is 13.0. The van der Waals surface area contributed by atoms with E-state index in [1.54, 1.807) is 12.2 Å². The lowest BCUT2D eigenvalue weighted by atomic mass is 9.99. The number of carbonyl (C=O) groups excluding carboxylic acids is 1. The largest absolute Gasteiger partial charge is 0.444 e. The minimum atomic E-state index is -0.473. The van der Waals surface area contributed by atoms with E-state index in [-0.39, 0.29) is 18.0 Å². The second-order valence-electron chi connectivity index (χ2n) is 11.5. The zero-order chi connectivity index (χ0) is 31.6. The molecule has 1 rings (SSSR count). The molecule has 1 unspecified atom stereocenters. The van der Waals surface area contributed by atoms with Gasteiger partial charge in [-0.1, -0.05) is 57.1 Å². The molecule has 0 spiro atoms. The molecular formula is C35H58FN3O2. The summed E-state index contributed by atoms with van der Waals surface area (Å²) in [6, 6.07) is 0.0861. The lowest BCUT2D eigenvalue weighted by Gasteiger charge is -2.42. The number of rotatable bonds is 10. The maximum Gasteiger partial charge on any atom is 0.410 e. The van der Waals surface area contributed by atoms with Crippen LogP contribution < -0.4 is 0 Å². The van der Waals surface area contributed by atoms with Crippen molar-refractivity contribution in [1.82, 2.24) is 9.80 Å². The summed E-state index contributed by atoms with van der Waals surface area (Å²) in [5, 5.41) is 0. The van der Waals surface area contributed by atoms with Crippen LogP contribution in [0.25, 0.3) is 0 Å². The van der Waals surface area contributed by atoms with E-state index in [0.29, 0.717) is 6.54 Å². The molecule has 1 aliphatic heterocycles. The summed E-state index contributed by atoms with van der Waals surface area (Å²) in [7, 11) is 0. The molecule has 5 nitrogen and oxygen atoms in total. The third-order valence-corrected chi connectivity index (χ3v) is 6.55. The Balaban J connectivity index is 0.00000103. The summed E-state index contributed by atoms with van der Waals surface area (Å²) in [5.41, 5.74) is 5.24. The Morgan fingerprint density at radius 3 is 2.20 bits per heavy atom. The fraction of sp³-hybridized carbons (Fsp3) is 0.600. The average Bonchev–Trinajstić information content (AvgIpc) is 2.88. The van der Waals surface area contributed by atoms with Gasteiger partial charge in [0.15, 0.2) is 0 Å². The number of amides is 1. The first-order chi connectivity index (χ1) is 19.2. The highest BCUT2D eigenvalue weighted by Gasteiger charge is 2.31. The summed E-state index contributed by atoms with van der Waals surface area (Å²) >= 11 is 0. The molecule has 0 bridgehead atoms. The van der Waals surface area contributed by atoms with Crippen LogP contribution in [0.3, 0.4) is 0 Å². The molecule has 232 valence electrons. The SMILES string of the molecule is CC/C=C/C=C(F)\C=C(/C)CCC.C\C=C(C)/C(C(/C)=N/C=C/CC)=C(/C)N1CCN(C(=O)OC(C)(C)C)C(C)C1. The molecule has 0 radical (unpaired) electrons. The van der Waals surface area contributed by atoms with E-state index in [9.17, 15) is 9.18 Å². The van der Waals surface area contributed by atoms with Gasteiger partial charge in [0.1, 0.15) is 11.4 Å². The number of aliphatic imine (C=N–C) groups is 1. The molecule has 0 aromatic heterocycles. The monoisotopic (exact) mass is 571 g/mol. The molecule has 0 saturated carbocycles. The van der Waals surface area contributed by atoms with Gasteiger partial charge in [-0.3, -0.25) is 4.99 Å². The van der Waals surface area contributed by atoms with Crippen LogP contribution >= 0.6 is 0 Å². The standard InChI is InChI=1S/C23H39N3O2.C12H19F/c1-10-12-13-24-19(5)21(17(3)11-2)20(6)25-14-15-26(18(4)16-25)22(27)28-23(7,8)9;1-4-6-7-9-12(13)10-11(3)8-5-2/h11-13,18H,10,14-16H2,1-9H3;6-7,9-10H,4-5,8H2,1-3H3/b13-12+,17-11-,21-20+,24-19+;7-6+,11-10+,12-9+. The Morgan fingerprint density at radius 1 is 1.05 bits per heavy atom. The van der Waals surface area contributed by atoms with Gasteiger partial charge in [0, 0.05) is 48.9 Å². The van der Waals surface area contributed by atoms with Crippen LogP contribution in [0.2, 0.25) is 0 Å². The number of hydrogen-bond acceptors (Lipinski definition) is 4. The molecule has 1 aliphatic rings. The highest BCUT2D eigenvalue weighted by Crippen LogP contribution is 2.24. The van der Waals surface area contributed by atoms with Crippen molar-refractivity contribution in [3.8, 4) is 0 Å². The summed E-state index contributed by atoms with van der Waals surface area (Å²) in [5.74, 6) is -0.157. The van der Waals surface area contributed by atoms with Gasteiger partial charge in [-0.2, -0.15) is 0 Å². The highest BCUT2D eigenvalue weighted by atomic mass is 19.1. The van der Waals surface area contributed by atoms with Crippen LogP contribution in [-0.4, -0.2) is 52.9 Å². The number of hydrogen-bond donors (Lipinski definition) is 0. The van der Waals surface area contributed by atoms with E-state index in [1.807, 2.05) is 51.8 Å². The molecule has 1 fully saturated rings. The number of allylic oxidation sites excluding steroid dienone is 11. The third-order valence-electron chi connectivity index (χ3n) is 6.55. The zero-order valence-corrected chi connectivity index (χ0v) is 28.1. The zero-order valence-electron chi connectivity index (χ0n) is 28.1. The van der Waals surface area contributed by atoms with Gasteiger partial charge in [0.05, 0.1) is 0 Å². The molecule has 1 saturated heterocycles. The van der Waals surface area contributed by atoms with Crippen molar-refractivity contribution in [2.75, 3.05) is 19.6 Å². The Bertz CT molecular complexity index is 1020. The van der Waals surface area contributed by atoms with Gasteiger partial charge in [-0.15, -0.1) is 0 Å². The molecule has 41 heavy (non-hydrogen) atoms. The lowest BCUT2D eigenvalue weighted by molar-refractivity contribution is 0.00494. The first-order valence-electron chi connectivity index (χ1n) is 15.2. The normalized spacial score (nSPS) is 18.5. The predicted molar refractivity (Wildman–Crippen MR) is 176 cm³/mol. The van der Waals surface area contributed by atoms with Gasteiger partial charge in [0.25, 0.3) is 0 Å². The molecule has 0 N–H and O–H groups in total. The Labute approximate surface area is 251 Å². The van der Waals surface area contributed by atoms with Gasteiger partial charge in [-0.05, 0) is 99.3 Å². The Kier molecular flexibility index (Phi) is 18.6. The van der Waals surface area contributed by atoms with Crippen molar-refractivity contribution < 1.29 is 13.9 Å². The highest BCUT2D eigenvalue weighted by molar-refractivity contribution is 6.02. The minimum Gasteiger partial charge on any atom is -0.444 e. The van der Waals surface area contributed by atoms with E-state index < -0.39 is 5.60 Å². The van der Waals surface area contributed by atoms with Crippen molar-refractivity contribution in [3.05, 3.63) is 70.9 Å². The van der Waals surface area contributed by atoms with E-state index in [2.05, 4.69) is 70.5 Å². The quantitative estimate of drug-likeness (QED) is 0.194. The average molecular weight is 572 g/mol. The molecule has 0 aromatic rings. The summed E-state index contributed by atoms with van der Waals surface area (Å²) in [6.07, 6.45) is 16.6. The number of ether oxygens (including phenoxy) is 1. The molecule has 1 amide bonds. The van der Waals surface area contributed by atoms with Gasteiger partial charge in [0.2, 0.25) is 0 Å². The lowest BCUT2D eigenvalue weighted by Crippen LogP contribution is -2.54. The summed E-state index contributed by atoms with van der Waals surface area (Å²) in [6.45, 7) is 26.6. The second kappa shape index (κ2) is 20.1. The van der Waals surface area contributed by atoms with Gasteiger partial charge < -0.3 is 14.5 Å². The molecule has 1 heterocycles. The second-order valence-corrected chi connectivity index (χ2v) is 11.5. The number of piperazine rings is 1. The minimum absolute atomic E-state index is 0.0861. The van der Waals surface area contributed by atoms with Crippen LogP contribution in [0.4, 0.5) is 9.18 Å². The molecule has 0 aliphatic carbocycles. The summed E-state index contributed by atoms with van der Waals surface area (Å²) < 4.78 is 18.6.